The molecule has 0 aliphatic rings. The molecular weight excluding hydrogens is 232 g/mol. The molecule has 0 aromatic carbocycles. The highest BCUT2D eigenvalue weighted by molar-refractivity contribution is 7.16. The number of carbonyl (C=O) groups is 1. The van der Waals surface area contributed by atoms with Gasteiger partial charge in [-0.25, -0.2) is 0 Å². The van der Waals surface area contributed by atoms with Gasteiger partial charge in [-0.1, -0.05) is 25.4 Å². The summed E-state index contributed by atoms with van der Waals surface area (Å²) in [4.78, 5) is 12.5. The maximum atomic E-state index is 11.5. The Hall–Kier alpha value is -0.580. The smallest absolute Gasteiger partial charge is 0.237 e. The monoisotopic (exact) mass is 246 g/mol. The number of thiophene rings is 1. The van der Waals surface area contributed by atoms with Crippen LogP contribution >= 0.6 is 22.9 Å². The van der Waals surface area contributed by atoms with Crippen LogP contribution in [0.1, 0.15) is 18.7 Å². The zero-order valence-electron chi connectivity index (χ0n) is 8.79. The van der Waals surface area contributed by atoms with Crippen LogP contribution in [0.25, 0.3) is 0 Å². The van der Waals surface area contributed by atoms with Crippen LogP contribution in [0.5, 0.6) is 0 Å². The molecule has 1 rings (SSSR count). The van der Waals surface area contributed by atoms with Crippen LogP contribution in [0.4, 0.5) is 0 Å². The Balaban J connectivity index is 2.40. The van der Waals surface area contributed by atoms with Crippen molar-refractivity contribution in [3.63, 3.8) is 0 Å². The van der Waals surface area contributed by atoms with Crippen LogP contribution in [-0.2, 0) is 11.3 Å². The highest BCUT2D eigenvalue weighted by Gasteiger charge is 2.16. The van der Waals surface area contributed by atoms with Crippen molar-refractivity contribution in [3.8, 4) is 0 Å². The molecule has 3 N–H and O–H groups in total. The summed E-state index contributed by atoms with van der Waals surface area (Å²) >= 11 is 7.23. The number of nitrogens with one attached hydrogen (secondary N) is 1. The first kappa shape index (κ1) is 12.5. The van der Waals surface area contributed by atoms with Crippen LogP contribution in [0, 0.1) is 5.92 Å². The van der Waals surface area contributed by atoms with E-state index in [-0.39, 0.29) is 11.8 Å². The molecule has 15 heavy (non-hydrogen) atoms. The van der Waals surface area contributed by atoms with Crippen molar-refractivity contribution in [2.24, 2.45) is 11.7 Å². The van der Waals surface area contributed by atoms with E-state index in [1.807, 2.05) is 26.0 Å². The number of hydrogen-bond donors (Lipinski definition) is 2. The maximum absolute atomic E-state index is 11.5. The molecule has 0 aliphatic carbocycles. The molecule has 1 amide bonds. The Morgan fingerprint density at radius 1 is 1.60 bits per heavy atom. The predicted molar refractivity (Wildman–Crippen MR) is 64.0 cm³/mol. The van der Waals surface area contributed by atoms with Crippen LogP contribution in [0.3, 0.4) is 0 Å². The fraction of sp³-hybridized carbons (Fsp3) is 0.500. The van der Waals surface area contributed by atoms with E-state index in [1.165, 1.54) is 11.3 Å². The minimum atomic E-state index is -0.444. The molecule has 0 saturated heterocycles. The minimum Gasteiger partial charge on any atom is -0.350 e. The van der Waals surface area contributed by atoms with Gasteiger partial charge in [0.1, 0.15) is 0 Å². The molecule has 84 valence electrons. The Morgan fingerprint density at radius 3 is 2.73 bits per heavy atom. The van der Waals surface area contributed by atoms with E-state index in [1.54, 1.807) is 0 Å². The number of nitrogens with two attached hydrogens (primary N) is 1. The van der Waals surface area contributed by atoms with Gasteiger partial charge in [0, 0.05) is 4.88 Å². The van der Waals surface area contributed by atoms with Gasteiger partial charge in [-0.05, 0) is 18.1 Å². The fourth-order valence-corrected chi connectivity index (χ4v) is 2.07. The second kappa shape index (κ2) is 5.49. The third-order valence-corrected chi connectivity index (χ3v) is 3.32. The highest BCUT2D eigenvalue weighted by atomic mass is 35.5. The van der Waals surface area contributed by atoms with Gasteiger partial charge in [0.2, 0.25) is 5.91 Å². The molecule has 1 aromatic heterocycles. The molecule has 0 aliphatic heterocycles. The second-order valence-corrected chi connectivity index (χ2v) is 5.49. The molecule has 0 saturated carbocycles. The lowest BCUT2D eigenvalue weighted by atomic mass is 10.1. The predicted octanol–water partition coefficient (Wildman–Crippen LogP) is 2.00. The van der Waals surface area contributed by atoms with Gasteiger partial charge in [0.25, 0.3) is 0 Å². The fourth-order valence-electron chi connectivity index (χ4n) is 1.04. The van der Waals surface area contributed by atoms with Crippen LogP contribution in [-0.4, -0.2) is 11.9 Å². The Morgan fingerprint density at radius 2 is 2.27 bits per heavy atom. The number of carbonyl (C=O) groups excluding carboxylic acids is 1. The normalized spacial score (nSPS) is 12.9. The van der Waals surface area contributed by atoms with Crippen molar-refractivity contribution in [2.75, 3.05) is 0 Å². The maximum Gasteiger partial charge on any atom is 0.237 e. The first-order valence-electron chi connectivity index (χ1n) is 4.78. The summed E-state index contributed by atoms with van der Waals surface area (Å²) in [7, 11) is 0. The lowest BCUT2D eigenvalue weighted by Crippen LogP contribution is -2.43. The first-order valence-corrected chi connectivity index (χ1v) is 5.97. The van der Waals surface area contributed by atoms with Crippen LogP contribution in [0.2, 0.25) is 4.34 Å². The van der Waals surface area contributed by atoms with Crippen molar-refractivity contribution in [1.82, 2.24) is 5.32 Å². The summed E-state index contributed by atoms with van der Waals surface area (Å²) in [6.45, 7) is 4.34. The van der Waals surface area contributed by atoms with Gasteiger partial charge in [0.15, 0.2) is 0 Å². The molecule has 0 fully saturated rings. The van der Waals surface area contributed by atoms with E-state index in [4.69, 9.17) is 17.3 Å². The van der Waals surface area contributed by atoms with E-state index >= 15 is 0 Å². The molecule has 0 unspecified atom stereocenters. The summed E-state index contributed by atoms with van der Waals surface area (Å²) in [5.74, 6) is 0.0337. The standard InChI is InChI=1S/C10H15ClN2OS/c1-6(2)9(12)10(14)13-5-7-3-4-8(11)15-7/h3-4,6,9H,5,12H2,1-2H3,(H,13,14)/t9-/m1/s1. The number of rotatable bonds is 4. The minimum absolute atomic E-state index is 0.116. The third-order valence-electron chi connectivity index (χ3n) is 2.09. The highest BCUT2D eigenvalue weighted by Crippen LogP contribution is 2.20. The second-order valence-electron chi connectivity index (χ2n) is 3.69. The zero-order valence-corrected chi connectivity index (χ0v) is 10.4. The quantitative estimate of drug-likeness (QED) is 0.854. The van der Waals surface area contributed by atoms with Gasteiger partial charge in [-0.3, -0.25) is 4.79 Å². The van der Waals surface area contributed by atoms with Crippen molar-refractivity contribution in [2.45, 2.75) is 26.4 Å². The molecule has 0 radical (unpaired) electrons. The lowest BCUT2D eigenvalue weighted by Gasteiger charge is -2.14. The van der Waals surface area contributed by atoms with Crippen molar-refractivity contribution < 1.29 is 4.79 Å². The Labute approximate surface area is 98.6 Å². The van der Waals surface area contributed by atoms with E-state index < -0.39 is 6.04 Å². The van der Waals surface area contributed by atoms with Gasteiger partial charge in [-0.15, -0.1) is 11.3 Å². The van der Waals surface area contributed by atoms with Gasteiger partial charge in [0.05, 0.1) is 16.9 Å². The third kappa shape index (κ3) is 3.81. The molecule has 1 atom stereocenters. The van der Waals surface area contributed by atoms with E-state index in [2.05, 4.69) is 5.32 Å². The van der Waals surface area contributed by atoms with E-state index in [0.29, 0.717) is 6.54 Å². The lowest BCUT2D eigenvalue weighted by molar-refractivity contribution is -0.123. The SMILES string of the molecule is CC(C)[C@@H](N)C(=O)NCc1ccc(Cl)s1. The number of hydrogen-bond acceptors (Lipinski definition) is 3. The topological polar surface area (TPSA) is 55.1 Å². The number of amides is 1. The van der Waals surface area contributed by atoms with Crippen LogP contribution < -0.4 is 11.1 Å². The van der Waals surface area contributed by atoms with Crippen LogP contribution in [0.15, 0.2) is 12.1 Å². The van der Waals surface area contributed by atoms with E-state index in [0.717, 1.165) is 9.21 Å². The molecule has 0 spiro atoms. The van der Waals surface area contributed by atoms with Gasteiger partial charge < -0.3 is 11.1 Å². The summed E-state index contributed by atoms with van der Waals surface area (Å²) in [5, 5.41) is 2.78. The molecular formula is C10H15ClN2OS. The zero-order chi connectivity index (χ0) is 11.4. The molecule has 1 heterocycles. The largest absolute Gasteiger partial charge is 0.350 e. The molecule has 1 aromatic rings. The van der Waals surface area contributed by atoms with Gasteiger partial charge >= 0.3 is 0 Å². The van der Waals surface area contributed by atoms with Crippen molar-refractivity contribution in [3.05, 3.63) is 21.3 Å². The van der Waals surface area contributed by atoms with Crippen molar-refractivity contribution in [1.29, 1.82) is 0 Å². The molecule has 0 bridgehead atoms. The van der Waals surface area contributed by atoms with Gasteiger partial charge in [-0.2, -0.15) is 0 Å². The average Bonchev–Trinajstić information content (AvgIpc) is 2.59. The molecule has 5 heteroatoms. The summed E-state index contributed by atoms with van der Waals surface area (Å²) in [5.41, 5.74) is 5.69. The number of halogens is 1. The Bertz CT molecular complexity index is 338. The van der Waals surface area contributed by atoms with E-state index in [9.17, 15) is 4.79 Å². The Kier molecular flexibility index (Phi) is 4.57. The first-order chi connectivity index (χ1) is 7.00. The molecule has 3 nitrogen and oxygen atoms in total. The summed E-state index contributed by atoms with van der Waals surface area (Å²) in [6, 6.07) is 3.27. The summed E-state index contributed by atoms with van der Waals surface area (Å²) in [6.07, 6.45) is 0. The average molecular weight is 247 g/mol. The summed E-state index contributed by atoms with van der Waals surface area (Å²) < 4.78 is 0.729. The van der Waals surface area contributed by atoms with Crippen molar-refractivity contribution >= 4 is 28.8 Å².